The molecule has 0 aliphatic heterocycles. The summed E-state index contributed by atoms with van der Waals surface area (Å²) in [4.78, 5) is 12.0. The van der Waals surface area contributed by atoms with Crippen molar-refractivity contribution in [2.24, 2.45) is 0 Å². The Morgan fingerprint density at radius 2 is 1.48 bits per heavy atom. The fourth-order valence-corrected chi connectivity index (χ4v) is 2.17. The highest BCUT2D eigenvalue weighted by atomic mass is 32.1. The van der Waals surface area contributed by atoms with Gasteiger partial charge in [0.05, 0.1) is 20.6 Å². The molecule has 6 heteroatoms. The summed E-state index contributed by atoms with van der Waals surface area (Å²) in [7, 11) is 3.21. The predicted molar refractivity (Wildman–Crippen MR) is 94.1 cm³/mol. The van der Waals surface area contributed by atoms with E-state index in [0.717, 1.165) is 22.7 Å². The van der Waals surface area contributed by atoms with Gasteiger partial charge in [0.2, 0.25) is 5.91 Å². The van der Waals surface area contributed by atoms with Crippen LogP contribution in [0.3, 0.4) is 0 Å². The van der Waals surface area contributed by atoms with Crippen molar-refractivity contribution < 1.29 is 14.3 Å². The SMILES string of the molecule is COc1ccc(CC(=O)NC(=S)Nc2ccc(OC)cc2)cc1. The van der Waals surface area contributed by atoms with E-state index < -0.39 is 0 Å². The first-order chi connectivity index (χ1) is 11.1. The Morgan fingerprint density at radius 3 is 2.00 bits per heavy atom. The van der Waals surface area contributed by atoms with Gasteiger partial charge in [-0.1, -0.05) is 12.1 Å². The van der Waals surface area contributed by atoms with Gasteiger partial charge in [-0.25, -0.2) is 0 Å². The molecule has 0 saturated heterocycles. The number of thiocarbonyl (C=S) groups is 1. The lowest BCUT2D eigenvalue weighted by atomic mass is 10.1. The minimum Gasteiger partial charge on any atom is -0.497 e. The van der Waals surface area contributed by atoms with Crippen LogP contribution in [0.15, 0.2) is 48.5 Å². The summed E-state index contributed by atoms with van der Waals surface area (Å²) in [6.45, 7) is 0. The topological polar surface area (TPSA) is 59.6 Å². The third kappa shape index (κ3) is 5.27. The first-order valence-corrected chi connectivity index (χ1v) is 7.39. The van der Waals surface area contributed by atoms with E-state index in [-0.39, 0.29) is 17.4 Å². The van der Waals surface area contributed by atoms with Crippen molar-refractivity contribution in [2.75, 3.05) is 19.5 Å². The fraction of sp³-hybridized carbons (Fsp3) is 0.176. The number of nitrogens with one attached hydrogen (secondary N) is 2. The third-order valence-electron chi connectivity index (χ3n) is 3.12. The Balaban J connectivity index is 1.84. The van der Waals surface area contributed by atoms with Crippen LogP contribution in [0, 0.1) is 0 Å². The van der Waals surface area contributed by atoms with E-state index in [1.807, 2.05) is 48.5 Å². The molecule has 5 nitrogen and oxygen atoms in total. The van der Waals surface area contributed by atoms with Crippen molar-refractivity contribution >= 4 is 28.9 Å². The van der Waals surface area contributed by atoms with Gasteiger partial charge in [0.1, 0.15) is 11.5 Å². The summed E-state index contributed by atoms with van der Waals surface area (Å²) >= 11 is 5.13. The Morgan fingerprint density at radius 1 is 0.957 bits per heavy atom. The molecule has 0 fully saturated rings. The summed E-state index contributed by atoms with van der Waals surface area (Å²) in [5, 5.41) is 5.86. The molecule has 0 heterocycles. The summed E-state index contributed by atoms with van der Waals surface area (Å²) in [6.07, 6.45) is 0.244. The fourth-order valence-electron chi connectivity index (χ4n) is 1.94. The maximum absolute atomic E-state index is 12.0. The smallest absolute Gasteiger partial charge is 0.230 e. The van der Waals surface area contributed by atoms with Gasteiger partial charge in [0.15, 0.2) is 5.11 Å². The Hall–Kier alpha value is -2.60. The van der Waals surface area contributed by atoms with Gasteiger partial charge in [-0.05, 0) is 54.2 Å². The van der Waals surface area contributed by atoms with Gasteiger partial charge in [0.25, 0.3) is 0 Å². The van der Waals surface area contributed by atoms with E-state index in [0.29, 0.717) is 0 Å². The highest BCUT2D eigenvalue weighted by Crippen LogP contribution is 2.15. The van der Waals surface area contributed by atoms with Crippen LogP contribution in [0.2, 0.25) is 0 Å². The van der Waals surface area contributed by atoms with Crippen LogP contribution in [-0.4, -0.2) is 25.2 Å². The van der Waals surface area contributed by atoms with E-state index in [1.165, 1.54) is 0 Å². The van der Waals surface area contributed by atoms with Crippen molar-refractivity contribution in [1.82, 2.24) is 5.32 Å². The van der Waals surface area contributed by atoms with Gasteiger partial charge in [-0.2, -0.15) is 0 Å². The summed E-state index contributed by atoms with van der Waals surface area (Å²) in [5.41, 5.74) is 1.66. The van der Waals surface area contributed by atoms with E-state index in [1.54, 1.807) is 14.2 Å². The highest BCUT2D eigenvalue weighted by molar-refractivity contribution is 7.80. The zero-order chi connectivity index (χ0) is 16.7. The lowest BCUT2D eigenvalue weighted by Gasteiger charge is -2.10. The number of rotatable bonds is 5. The van der Waals surface area contributed by atoms with Gasteiger partial charge in [-0.3, -0.25) is 4.79 Å². The van der Waals surface area contributed by atoms with Crippen molar-refractivity contribution in [1.29, 1.82) is 0 Å². The molecule has 0 aromatic heterocycles. The maximum Gasteiger partial charge on any atom is 0.230 e. The first-order valence-electron chi connectivity index (χ1n) is 6.98. The molecule has 0 aliphatic carbocycles. The molecule has 0 atom stereocenters. The number of carbonyl (C=O) groups excluding carboxylic acids is 1. The van der Waals surface area contributed by atoms with Crippen LogP contribution in [0.1, 0.15) is 5.56 Å². The van der Waals surface area contributed by atoms with Crippen molar-refractivity contribution in [2.45, 2.75) is 6.42 Å². The maximum atomic E-state index is 12.0. The summed E-state index contributed by atoms with van der Waals surface area (Å²) < 4.78 is 10.2. The van der Waals surface area contributed by atoms with Crippen LogP contribution in [0.25, 0.3) is 0 Å². The second-order valence-corrected chi connectivity index (χ2v) is 5.16. The van der Waals surface area contributed by atoms with Gasteiger partial charge < -0.3 is 20.1 Å². The van der Waals surface area contributed by atoms with Crippen LogP contribution in [-0.2, 0) is 11.2 Å². The standard InChI is InChI=1S/C17H18N2O3S/c1-21-14-7-3-12(4-8-14)11-16(20)19-17(23)18-13-5-9-15(22-2)10-6-13/h3-10H,11H2,1-2H3,(H2,18,19,20,23). The number of hydrogen-bond donors (Lipinski definition) is 2. The number of methoxy groups -OCH3 is 2. The molecule has 2 aromatic carbocycles. The van der Waals surface area contributed by atoms with E-state index in [9.17, 15) is 4.79 Å². The second-order valence-electron chi connectivity index (χ2n) is 4.76. The third-order valence-corrected chi connectivity index (χ3v) is 3.33. The van der Waals surface area contributed by atoms with E-state index in [4.69, 9.17) is 21.7 Å². The van der Waals surface area contributed by atoms with Crippen LogP contribution in [0.5, 0.6) is 11.5 Å². The molecule has 2 rings (SSSR count). The minimum absolute atomic E-state index is 0.179. The number of benzene rings is 2. The largest absolute Gasteiger partial charge is 0.497 e. The van der Waals surface area contributed by atoms with E-state index >= 15 is 0 Å². The second kappa shape index (κ2) is 8.14. The van der Waals surface area contributed by atoms with Crippen molar-refractivity contribution in [3.8, 4) is 11.5 Å². The molecule has 120 valence electrons. The molecular weight excluding hydrogens is 312 g/mol. The average Bonchev–Trinajstić information content (AvgIpc) is 2.56. The molecule has 2 aromatic rings. The molecule has 2 N–H and O–H groups in total. The quantitative estimate of drug-likeness (QED) is 0.826. The molecule has 0 bridgehead atoms. The van der Waals surface area contributed by atoms with Crippen LogP contribution < -0.4 is 20.1 Å². The number of ether oxygens (including phenoxy) is 2. The molecule has 0 aliphatic rings. The zero-order valence-electron chi connectivity index (χ0n) is 13.0. The minimum atomic E-state index is -0.179. The van der Waals surface area contributed by atoms with Crippen LogP contribution >= 0.6 is 12.2 Å². The average molecular weight is 330 g/mol. The molecular formula is C17H18N2O3S. The number of anilines is 1. The lowest BCUT2D eigenvalue weighted by Crippen LogP contribution is -2.35. The molecule has 0 spiro atoms. The predicted octanol–water partition coefficient (Wildman–Crippen LogP) is 2.76. The normalized spacial score (nSPS) is 9.83. The molecule has 0 unspecified atom stereocenters. The monoisotopic (exact) mass is 330 g/mol. The highest BCUT2D eigenvalue weighted by Gasteiger charge is 2.06. The Kier molecular flexibility index (Phi) is 5.94. The zero-order valence-corrected chi connectivity index (χ0v) is 13.8. The number of hydrogen-bond acceptors (Lipinski definition) is 4. The number of amides is 1. The summed E-state index contributed by atoms with van der Waals surface area (Å²) in [5.74, 6) is 1.33. The summed E-state index contributed by atoms with van der Waals surface area (Å²) in [6, 6.07) is 14.6. The Bertz CT molecular complexity index is 610. The molecule has 0 radical (unpaired) electrons. The van der Waals surface area contributed by atoms with Crippen molar-refractivity contribution in [3.63, 3.8) is 0 Å². The van der Waals surface area contributed by atoms with E-state index in [2.05, 4.69) is 10.6 Å². The Labute approximate surface area is 140 Å². The van der Waals surface area contributed by atoms with Gasteiger partial charge >= 0.3 is 0 Å². The lowest BCUT2D eigenvalue weighted by molar-refractivity contribution is -0.119. The van der Waals surface area contributed by atoms with Gasteiger partial charge in [-0.15, -0.1) is 0 Å². The van der Waals surface area contributed by atoms with Crippen LogP contribution in [0.4, 0.5) is 5.69 Å². The molecule has 0 saturated carbocycles. The van der Waals surface area contributed by atoms with Gasteiger partial charge in [0, 0.05) is 5.69 Å². The molecule has 23 heavy (non-hydrogen) atoms. The first kappa shape index (κ1) is 16.8. The van der Waals surface area contributed by atoms with Crippen molar-refractivity contribution in [3.05, 3.63) is 54.1 Å². The number of carbonyl (C=O) groups is 1. The molecule has 1 amide bonds.